The lowest BCUT2D eigenvalue weighted by molar-refractivity contribution is 0.0958. The van der Waals surface area contributed by atoms with Crippen molar-refractivity contribution >= 4 is 44.5 Å². The SMILES string of the molecule is COc1cc(/C=N/NC(=O)c2sc(N)nc2C)cc(Br)c1O. The van der Waals surface area contributed by atoms with Crippen molar-refractivity contribution in [1.29, 1.82) is 0 Å². The quantitative estimate of drug-likeness (QED) is 0.553. The maximum Gasteiger partial charge on any atom is 0.283 e. The molecule has 1 aromatic carbocycles. The van der Waals surface area contributed by atoms with Gasteiger partial charge in [-0.1, -0.05) is 11.3 Å². The molecule has 0 bridgehead atoms. The summed E-state index contributed by atoms with van der Waals surface area (Å²) in [5.74, 6) is -0.0829. The van der Waals surface area contributed by atoms with Crippen molar-refractivity contribution in [3.05, 3.63) is 32.7 Å². The number of aromatic nitrogens is 1. The molecule has 0 aliphatic carbocycles. The third-order valence-corrected chi connectivity index (χ3v) is 4.26. The maximum absolute atomic E-state index is 11.9. The van der Waals surface area contributed by atoms with E-state index >= 15 is 0 Å². The van der Waals surface area contributed by atoms with E-state index in [0.717, 1.165) is 11.3 Å². The van der Waals surface area contributed by atoms with Crippen molar-refractivity contribution in [2.24, 2.45) is 5.10 Å². The monoisotopic (exact) mass is 384 g/mol. The van der Waals surface area contributed by atoms with Gasteiger partial charge in [0.25, 0.3) is 5.91 Å². The van der Waals surface area contributed by atoms with Crippen LogP contribution >= 0.6 is 27.3 Å². The number of carbonyl (C=O) groups excluding carboxylic acids is 1. The Morgan fingerprint density at radius 1 is 1.59 bits per heavy atom. The number of phenols is 1. The smallest absolute Gasteiger partial charge is 0.283 e. The van der Waals surface area contributed by atoms with Crippen LogP contribution in [0.25, 0.3) is 0 Å². The number of aromatic hydroxyl groups is 1. The highest BCUT2D eigenvalue weighted by Crippen LogP contribution is 2.34. The first-order valence-electron chi connectivity index (χ1n) is 6.05. The molecular formula is C13H13BrN4O3S. The zero-order valence-electron chi connectivity index (χ0n) is 11.8. The van der Waals surface area contributed by atoms with E-state index in [1.165, 1.54) is 13.3 Å². The van der Waals surface area contributed by atoms with Crippen LogP contribution in [0, 0.1) is 6.92 Å². The van der Waals surface area contributed by atoms with Gasteiger partial charge in [-0.3, -0.25) is 4.79 Å². The second kappa shape index (κ2) is 6.75. The molecule has 0 spiro atoms. The van der Waals surface area contributed by atoms with Gasteiger partial charge in [-0.05, 0) is 40.5 Å². The number of nitrogen functional groups attached to an aromatic ring is 1. The lowest BCUT2D eigenvalue weighted by Gasteiger charge is -2.06. The molecule has 116 valence electrons. The Morgan fingerprint density at radius 3 is 2.91 bits per heavy atom. The van der Waals surface area contributed by atoms with E-state index in [9.17, 15) is 9.90 Å². The third kappa shape index (κ3) is 3.55. The van der Waals surface area contributed by atoms with Crippen molar-refractivity contribution < 1.29 is 14.6 Å². The Morgan fingerprint density at radius 2 is 2.32 bits per heavy atom. The maximum atomic E-state index is 11.9. The number of halogens is 1. The summed E-state index contributed by atoms with van der Waals surface area (Å²) in [6.45, 7) is 1.70. The van der Waals surface area contributed by atoms with Crippen LogP contribution in [0.5, 0.6) is 11.5 Å². The van der Waals surface area contributed by atoms with Gasteiger partial charge >= 0.3 is 0 Å². The lowest BCUT2D eigenvalue weighted by atomic mass is 10.2. The van der Waals surface area contributed by atoms with Gasteiger partial charge in [-0.15, -0.1) is 0 Å². The number of nitrogens with one attached hydrogen (secondary N) is 1. The normalized spacial score (nSPS) is 10.9. The molecule has 0 radical (unpaired) electrons. The molecule has 0 atom stereocenters. The highest BCUT2D eigenvalue weighted by atomic mass is 79.9. The van der Waals surface area contributed by atoms with Crippen molar-refractivity contribution in [1.82, 2.24) is 10.4 Å². The predicted molar refractivity (Wildman–Crippen MR) is 88.7 cm³/mol. The fraction of sp³-hybridized carbons (Fsp3) is 0.154. The summed E-state index contributed by atoms with van der Waals surface area (Å²) in [5.41, 5.74) is 9.15. The number of methoxy groups -OCH3 is 1. The van der Waals surface area contributed by atoms with Crippen LogP contribution in [0.4, 0.5) is 5.13 Å². The number of anilines is 1. The lowest BCUT2D eigenvalue weighted by Crippen LogP contribution is -2.17. The standard InChI is InChI=1S/C13H13BrN4O3S/c1-6-11(22-13(15)17-6)12(20)18-16-5-7-3-8(14)10(19)9(4-7)21-2/h3-5,19H,1-2H3,(H2,15,17)(H,18,20)/b16-5+. The molecular weight excluding hydrogens is 372 g/mol. The van der Waals surface area contributed by atoms with E-state index < -0.39 is 0 Å². The Bertz CT molecular complexity index is 745. The third-order valence-electron chi connectivity index (χ3n) is 2.67. The molecule has 0 aliphatic rings. The number of rotatable bonds is 4. The minimum atomic E-state index is -0.382. The number of hydrazone groups is 1. The van der Waals surface area contributed by atoms with Crippen LogP contribution in [0.15, 0.2) is 21.7 Å². The fourth-order valence-corrected chi connectivity index (χ4v) is 2.85. The van der Waals surface area contributed by atoms with Gasteiger partial charge in [-0.2, -0.15) is 5.10 Å². The number of ether oxygens (including phenoxy) is 1. The summed E-state index contributed by atoms with van der Waals surface area (Å²) in [6, 6.07) is 3.23. The van der Waals surface area contributed by atoms with Gasteiger partial charge in [0.2, 0.25) is 0 Å². The molecule has 9 heteroatoms. The Hall–Kier alpha value is -2.13. The van der Waals surface area contributed by atoms with Gasteiger partial charge in [0.05, 0.1) is 23.5 Å². The molecule has 7 nitrogen and oxygen atoms in total. The number of amides is 1. The van der Waals surface area contributed by atoms with Gasteiger partial charge < -0.3 is 15.6 Å². The summed E-state index contributed by atoms with van der Waals surface area (Å²) in [5, 5.41) is 13.9. The molecule has 1 amide bonds. The minimum absolute atomic E-state index is 0.000513. The average molecular weight is 385 g/mol. The summed E-state index contributed by atoms with van der Waals surface area (Å²) in [6.07, 6.45) is 1.43. The summed E-state index contributed by atoms with van der Waals surface area (Å²) in [4.78, 5) is 16.3. The molecule has 1 aromatic heterocycles. The number of thiazole rings is 1. The number of benzene rings is 1. The molecule has 4 N–H and O–H groups in total. The Balaban J connectivity index is 2.11. The molecule has 0 saturated heterocycles. The van der Waals surface area contributed by atoms with Crippen molar-refractivity contribution in [2.75, 3.05) is 12.8 Å². The van der Waals surface area contributed by atoms with E-state index in [4.69, 9.17) is 10.5 Å². The summed E-state index contributed by atoms with van der Waals surface area (Å²) >= 11 is 4.31. The zero-order chi connectivity index (χ0) is 16.3. The van der Waals surface area contributed by atoms with Crippen molar-refractivity contribution in [3.63, 3.8) is 0 Å². The van der Waals surface area contributed by atoms with Crippen LogP contribution in [0.1, 0.15) is 20.9 Å². The van der Waals surface area contributed by atoms with Crippen LogP contribution < -0.4 is 15.9 Å². The number of hydrogen-bond donors (Lipinski definition) is 3. The highest BCUT2D eigenvalue weighted by Gasteiger charge is 2.13. The molecule has 0 unspecified atom stereocenters. The predicted octanol–water partition coefficient (Wildman–Crippen LogP) is 2.27. The summed E-state index contributed by atoms with van der Waals surface area (Å²) in [7, 11) is 1.45. The second-order valence-corrected chi connectivity index (χ2v) is 6.10. The number of carbonyl (C=O) groups is 1. The Kier molecular flexibility index (Phi) is 4.99. The first kappa shape index (κ1) is 16.2. The van der Waals surface area contributed by atoms with Crippen LogP contribution in [-0.2, 0) is 0 Å². The van der Waals surface area contributed by atoms with Crippen LogP contribution in [-0.4, -0.2) is 29.3 Å². The molecule has 22 heavy (non-hydrogen) atoms. The topological polar surface area (TPSA) is 110 Å². The van der Waals surface area contributed by atoms with E-state index in [1.807, 2.05) is 0 Å². The van der Waals surface area contributed by atoms with Gasteiger partial charge in [0, 0.05) is 0 Å². The van der Waals surface area contributed by atoms with E-state index in [1.54, 1.807) is 19.1 Å². The number of aryl methyl sites for hydroxylation is 1. The molecule has 1 heterocycles. The first-order chi connectivity index (χ1) is 10.4. The minimum Gasteiger partial charge on any atom is -0.503 e. The van der Waals surface area contributed by atoms with E-state index in [-0.39, 0.29) is 11.7 Å². The summed E-state index contributed by atoms with van der Waals surface area (Å²) < 4.78 is 5.50. The van der Waals surface area contributed by atoms with Crippen LogP contribution in [0.3, 0.4) is 0 Å². The largest absolute Gasteiger partial charge is 0.503 e. The first-order valence-corrected chi connectivity index (χ1v) is 7.66. The van der Waals surface area contributed by atoms with Crippen molar-refractivity contribution in [3.8, 4) is 11.5 Å². The van der Waals surface area contributed by atoms with E-state index in [2.05, 4.69) is 31.4 Å². The van der Waals surface area contributed by atoms with Gasteiger partial charge in [0.1, 0.15) is 4.88 Å². The van der Waals surface area contributed by atoms with E-state index in [0.29, 0.717) is 31.5 Å². The van der Waals surface area contributed by atoms with Crippen LogP contribution in [0.2, 0.25) is 0 Å². The van der Waals surface area contributed by atoms with Gasteiger partial charge in [-0.25, -0.2) is 10.4 Å². The Labute approximate surface area is 139 Å². The van der Waals surface area contributed by atoms with Gasteiger partial charge in [0.15, 0.2) is 16.6 Å². The molecule has 0 saturated carbocycles. The highest BCUT2D eigenvalue weighted by molar-refractivity contribution is 9.10. The number of nitrogens with two attached hydrogens (primary N) is 1. The zero-order valence-corrected chi connectivity index (χ0v) is 14.2. The molecule has 0 fully saturated rings. The molecule has 2 aromatic rings. The number of hydrogen-bond acceptors (Lipinski definition) is 7. The molecule has 2 rings (SSSR count). The number of nitrogens with zero attached hydrogens (tertiary/aromatic N) is 2. The average Bonchev–Trinajstić information content (AvgIpc) is 2.81. The second-order valence-electron chi connectivity index (χ2n) is 4.22. The fourth-order valence-electron chi connectivity index (χ4n) is 1.67. The van der Waals surface area contributed by atoms with Crippen molar-refractivity contribution in [2.45, 2.75) is 6.92 Å². The molecule has 0 aliphatic heterocycles. The number of phenolic OH excluding ortho intramolecular Hbond substituents is 1.